The molecule has 0 amide bonds. The first-order valence-electron chi connectivity index (χ1n) is 10.4. The van der Waals surface area contributed by atoms with E-state index in [0.29, 0.717) is 0 Å². The first-order chi connectivity index (χ1) is 13.8. The third-order valence-corrected chi connectivity index (χ3v) is 4.98. The number of rotatable bonds is 6. The van der Waals surface area contributed by atoms with Crippen LogP contribution in [0.1, 0.15) is 26.7 Å². The fraction of sp³-hybridized carbons (Fsp3) is 0.435. The molecule has 1 fully saturated rings. The number of hydrogen-bond acceptors (Lipinski definition) is 5. The summed E-state index contributed by atoms with van der Waals surface area (Å²) >= 11 is 0. The van der Waals surface area contributed by atoms with Crippen molar-refractivity contribution in [2.75, 3.05) is 39.3 Å². The second-order valence-electron chi connectivity index (χ2n) is 7.12. The van der Waals surface area contributed by atoms with Crippen LogP contribution in [0.2, 0.25) is 0 Å². The van der Waals surface area contributed by atoms with Crippen molar-refractivity contribution >= 4 is 5.71 Å². The number of allylic oxidation sites excluding steroid dienone is 5. The van der Waals surface area contributed by atoms with Crippen molar-refractivity contribution in [3.8, 4) is 0 Å². The highest BCUT2D eigenvalue weighted by molar-refractivity contribution is 6.12. The Bertz CT molecular complexity index is 741. The molecule has 0 aromatic carbocycles. The molecule has 1 saturated heterocycles. The third kappa shape index (κ3) is 5.49. The molecule has 0 atom stereocenters. The lowest BCUT2D eigenvalue weighted by atomic mass is 9.99. The molecule has 150 valence electrons. The molecule has 1 aliphatic carbocycles. The van der Waals surface area contributed by atoms with Crippen LogP contribution < -0.4 is 16.0 Å². The summed E-state index contributed by atoms with van der Waals surface area (Å²) in [5, 5.41) is 10.5. The summed E-state index contributed by atoms with van der Waals surface area (Å²) in [5.41, 5.74) is 5.95. The molecule has 5 heteroatoms. The van der Waals surface area contributed by atoms with Gasteiger partial charge in [-0.1, -0.05) is 31.2 Å². The van der Waals surface area contributed by atoms with Crippen molar-refractivity contribution < 1.29 is 0 Å². The van der Waals surface area contributed by atoms with Crippen molar-refractivity contribution in [3.05, 3.63) is 71.4 Å². The predicted octanol–water partition coefficient (Wildman–Crippen LogP) is 3.01. The van der Waals surface area contributed by atoms with Crippen molar-refractivity contribution in [2.24, 2.45) is 4.99 Å². The summed E-state index contributed by atoms with van der Waals surface area (Å²) in [4.78, 5) is 7.10. The van der Waals surface area contributed by atoms with E-state index < -0.39 is 0 Å². The summed E-state index contributed by atoms with van der Waals surface area (Å²) in [6.07, 6.45) is 19.2. The lowest BCUT2D eigenvalue weighted by Gasteiger charge is -2.30. The van der Waals surface area contributed by atoms with Gasteiger partial charge < -0.3 is 20.9 Å². The van der Waals surface area contributed by atoms with Gasteiger partial charge in [0.25, 0.3) is 0 Å². The molecule has 2 aliphatic heterocycles. The maximum Gasteiger partial charge on any atom is 0.0737 e. The lowest BCUT2D eigenvalue weighted by Crippen LogP contribution is -2.35. The minimum Gasteiger partial charge on any atom is -0.386 e. The Hall–Kier alpha value is -2.53. The van der Waals surface area contributed by atoms with E-state index in [1.54, 1.807) is 0 Å². The van der Waals surface area contributed by atoms with Gasteiger partial charge >= 0.3 is 0 Å². The third-order valence-electron chi connectivity index (χ3n) is 4.98. The summed E-state index contributed by atoms with van der Waals surface area (Å²) in [7, 11) is 0. The average Bonchev–Trinajstić information content (AvgIpc) is 3.02. The highest BCUT2D eigenvalue weighted by atomic mass is 15.2. The molecule has 0 unspecified atom stereocenters. The average molecular weight is 380 g/mol. The van der Waals surface area contributed by atoms with E-state index in [-0.39, 0.29) is 0 Å². The van der Waals surface area contributed by atoms with E-state index in [1.807, 2.05) is 19.2 Å². The van der Waals surface area contributed by atoms with Gasteiger partial charge in [-0.2, -0.15) is 0 Å². The van der Waals surface area contributed by atoms with Crippen LogP contribution in [0, 0.1) is 0 Å². The van der Waals surface area contributed by atoms with E-state index >= 15 is 0 Å². The second kappa shape index (κ2) is 10.7. The molecule has 28 heavy (non-hydrogen) atoms. The van der Waals surface area contributed by atoms with Gasteiger partial charge in [-0.25, -0.2) is 0 Å². The topological polar surface area (TPSA) is 51.7 Å². The highest BCUT2D eigenvalue weighted by Gasteiger charge is 2.18. The minimum absolute atomic E-state index is 0.779. The summed E-state index contributed by atoms with van der Waals surface area (Å²) in [6, 6.07) is 0. The number of nitrogens with one attached hydrogen (secondary N) is 3. The van der Waals surface area contributed by atoms with Gasteiger partial charge in [-0.05, 0) is 49.6 Å². The van der Waals surface area contributed by atoms with Crippen LogP contribution in [0.15, 0.2) is 76.4 Å². The van der Waals surface area contributed by atoms with Crippen molar-refractivity contribution in [1.29, 1.82) is 0 Å². The minimum atomic E-state index is 0.779. The fourth-order valence-corrected chi connectivity index (χ4v) is 3.58. The first-order valence-corrected chi connectivity index (χ1v) is 10.4. The number of aliphatic imine (C=N–C) groups is 1. The highest BCUT2D eigenvalue weighted by Crippen LogP contribution is 2.19. The van der Waals surface area contributed by atoms with Crippen LogP contribution in [0.5, 0.6) is 0 Å². The van der Waals surface area contributed by atoms with E-state index in [0.717, 1.165) is 51.4 Å². The second-order valence-corrected chi connectivity index (χ2v) is 7.12. The van der Waals surface area contributed by atoms with E-state index in [4.69, 9.17) is 0 Å². The first kappa shape index (κ1) is 20.2. The molecule has 0 saturated carbocycles. The zero-order chi connectivity index (χ0) is 19.6. The van der Waals surface area contributed by atoms with Gasteiger partial charge in [0.05, 0.1) is 17.1 Å². The zero-order valence-electron chi connectivity index (χ0n) is 17.2. The number of nitrogens with zero attached hydrogens (tertiary/aromatic N) is 2. The molecule has 0 aromatic rings. The molecule has 0 bridgehead atoms. The maximum absolute atomic E-state index is 4.60. The molecule has 2 heterocycles. The van der Waals surface area contributed by atoms with Gasteiger partial charge in [0.2, 0.25) is 0 Å². The Balaban J connectivity index is 1.68. The largest absolute Gasteiger partial charge is 0.386 e. The van der Waals surface area contributed by atoms with Gasteiger partial charge in [0.15, 0.2) is 0 Å². The van der Waals surface area contributed by atoms with Gasteiger partial charge in [-0.15, -0.1) is 0 Å². The number of hydrogen-bond donors (Lipinski definition) is 3. The summed E-state index contributed by atoms with van der Waals surface area (Å²) < 4.78 is 0. The Morgan fingerprint density at radius 3 is 3.04 bits per heavy atom. The van der Waals surface area contributed by atoms with Gasteiger partial charge in [0, 0.05) is 45.1 Å². The molecule has 5 nitrogen and oxygen atoms in total. The predicted molar refractivity (Wildman–Crippen MR) is 119 cm³/mol. The molecular formula is C23H33N5. The molecule has 3 rings (SSSR count). The van der Waals surface area contributed by atoms with Crippen LogP contribution in [0.3, 0.4) is 0 Å². The SMILES string of the molecule is C\C=C/N=C1\C=C(CNC2=CNCC=C2N2CCCNCC2)C=C\C1=C/CC. The van der Waals surface area contributed by atoms with Crippen molar-refractivity contribution in [1.82, 2.24) is 20.9 Å². The molecule has 0 radical (unpaired) electrons. The quantitative estimate of drug-likeness (QED) is 0.664. The van der Waals surface area contributed by atoms with E-state index in [2.05, 4.69) is 69.3 Å². The Morgan fingerprint density at radius 2 is 2.18 bits per heavy atom. The molecule has 3 aliphatic rings. The van der Waals surface area contributed by atoms with Crippen LogP contribution >= 0.6 is 0 Å². The normalized spacial score (nSPS) is 23.4. The van der Waals surface area contributed by atoms with Crippen LogP contribution in [0.25, 0.3) is 0 Å². The Morgan fingerprint density at radius 1 is 1.25 bits per heavy atom. The smallest absolute Gasteiger partial charge is 0.0737 e. The maximum atomic E-state index is 4.60. The van der Waals surface area contributed by atoms with Crippen LogP contribution in [-0.4, -0.2) is 49.9 Å². The zero-order valence-corrected chi connectivity index (χ0v) is 17.2. The van der Waals surface area contributed by atoms with Crippen LogP contribution in [0.4, 0.5) is 0 Å². The van der Waals surface area contributed by atoms with Crippen molar-refractivity contribution in [3.63, 3.8) is 0 Å². The summed E-state index contributed by atoms with van der Waals surface area (Å²) in [6.45, 7) is 10.1. The lowest BCUT2D eigenvalue weighted by molar-refractivity contribution is 0.366. The van der Waals surface area contributed by atoms with Crippen LogP contribution in [-0.2, 0) is 0 Å². The molecular weight excluding hydrogens is 346 g/mol. The Kier molecular flexibility index (Phi) is 7.73. The molecule has 3 N–H and O–H groups in total. The van der Waals surface area contributed by atoms with E-state index in [1.165, 1.54) is 29.0 Å². The molecule has 0 spiro atoms. The number of dihydropyridines is 1. The van der Waals surface area contributed by atoms with Crippen molar-refractivity contribution in [2.45, 2.75) is 26.7 Å². The van der Waals surface area contributed by atoms with Gasteiger partial charge in [0.1, 0.15) is 0 Å². The standard InChI is InChI=1S/C23H33N5/c1-3-6-20-8-7-19(16-21(20)26-10-4-2)17-27-22-18-25-12-9-23(22)28-14-5-11-24-13-15-28/h4,6-10,16,18,24-25,27H,3,5,11-15,17H2,1-2H3/b10-4-,20-6+,26-21+. The Labute approximate surface area is 169 Å². The summed E-state index contributed by atoms with van der Waals surface area (Å²) in [5.74, 6) is 0. The van der Waals surface area contributed by atoms with Gasteiger partial charge in [-0.3, -0.25) is 4.99 Å². The monoisotopic (exact) mass is 379 g/mol. The fourth-order valence-electron chi connectivity index (χ4n) is 3.58. The molecule has 0 aromatic heterocycles. The van der Waals surface area contributed by atoms with E-state index in [9.17, 15) is 0 Å².